The Balaban J connectivity index is 0.00000116. The number of halogens is 2. The van der Waals surface area contributed by atoms with Crippen molar-refractivity contribution in [3.8, 4) is 0 Å². The molecule has 0 radical (unpaired) electrons. The van der Waals surface area contributed by atoms with Crippen molar-refractivity contribution < 1.29 is 8.83 Å². The van der Waals surface area contributed by atoms with E-state index in [9.17, 15) is 0 Å². The summed E-state index contributed by atoms with van der Waals surface area (Å²) in [5, 5.41) is 8.86. The summed E-state index contributed by atoms with van der Waals surface area (Å²) in [5.74, 6) is 3.65. The Morgan fingerprint density at radius 2 is 1.19 bits per heavy atom. The maximum Gasteiger partial charge on any atom is 0.135 e. The molecule has 2 N–H and O–H groups in total. The zero-order chi connectivity index (χ0) is 19.2. The summed E-state index contributed by atoms with van der Waals surface area (Å²) in [7, 11) is 0. The fourth-order valence-electron chi connectivity index (χ4n) is 4.14. The second-order valence-corrected chi connectivity index (χ2v) is 7.35. The topological polar surface area (TPSA) is 75.1 Å². The number of benzene rings is 2. The van der Waals surface area contributed by atoms with Gasteiger partial charge in [0, 0.05) is 35.0 Å². The van der Waals surface area contributed by atoms with Crippen LogP contribution < -0.4 is 10.6 Å². The number of aliphatic imine (C=N–C) groups is 2. The SMILES string of the molecule is Cl.Cl.c1cc(C2=NCCN2)c2cc(Cc3cc4c(C5=NCCN5)cccc4o3)oc2c1. The van der Waals surface area contributed by atoms with Crippen molar-refractivity contribution >= 4 is 58.4 Å². The molecule has 0 fully saturated rings. The van der Waals surface area contributed by atoms with E-state index >= 15 is 0 Å². The summed E-state index contributed by atoms with van der Waals surface area (Å²) < 4.78 is 12.2. The van der Waals surface area contributed by atoms with Crippen molar-refractivity contribution in [3.05, 3.63) is 71.2 Å². The summed E-state index contributed by atoms with van der Waals surface area (Å²) in [6.07, 6.45) is 0.599. The Morgan fingerprint density at radius 1 is 0.710 bits per heavy atom. The molecule has 0 atom stereocenters. The standard InChI is InChI=1S/C23H20N4O2.2ClH/c1-3-16(22-24-7-8-25-22)18-12-14(28-20(18)5-1)11-15-13-19-17(23-26-9-10-27-23)4-2-6-21(19)29-15;;/h1-6,12-13H,7-11H2,(H,24,25)(H,26,27);2*1H. The second-order valence-electron chi connectivity index (χ2n) is 7.35. The normalized spacial score (nSPS) is 15.1. The molecule has 8 heteroatoms. The molecule has 0 saturated heterocycles. The maximum absolute atomic E-state index is 6.12. The van der Waals surface area contributed by atoms with E-state index in [-0.39, 0.29) is 24.8 Å². The number of rotatable bonds is 4. The number of hydrogen-bond acceptors (Lipinski definition) is 6. The van der Waals surface area contributed by atoms with Gasteiger partial charge in [0.15, 0.2) is 0 Å². The average molecular weight is 457 g/mol. The smallest absolute Gasteiger partial charge is 0.135 e. The molecule has 0 bridgehead atoms. The van der Waals surface area contributed by atoms with Gasteiger partial charge in [0.1, 0.15) is 34.4 Å². The molecule has 4 aromatic rings. The summed E-state index contributed by atoms with van der Waals surface area (Å²) >= 11 is 0. The third-order valence-electron chi connectivity index (χ3n) is 5.43. The van der Waals surface area contributed by atoms with Crippen LogP contribution >= 0.6 is 24.8 Å². The molecule has 160 valence electrons. The highest BCUT2D eigenvalue weighted by atomic mass is 35.5. The van der Waals surface area contributed by atoms with E-state index in [4.69, 9.17) is 8.83 Å². The first kappa shape index (κ1) is 21.3. The summed E-state index contributed by atoms with van der Waals surface area (Å²) in [5.41, 5.74) is 3.92. The first-order valence-corrected chi connectivity index (χ1v) is 9.95. The fourth-order valence-corrected chi connectivity index (χ4v) is 4.14. The Morgan fingerprint density at radius 3 is 1.61 bits per heavy atom. The Bertz CT molecular complexity index is 1210. The van der Waals surface area contributed by atoms with Crippen LogP contribution in [-0.4, -0.2) is 37.9 Å². The minimum absolute atomic E-state index is 0. The molecule has 2 aromatic heterocycles. The lowest BCUT2D eigenvalue weighted by Crippen LogP contribution is -2.19. The Kier molecular flexibility index (Phi) is 5.94. The molecule has 0 amide bonds. The van der Waals surface area contributed by atoms with E-state index in [0.29, 0.717) is 6.42 Å². The van der Waals surface area contributed by atoms with Crippen molar-refractivity contribution in [3.63, 3.8) is 0 Å². The van der Waals surface area contributed by atoms with E-state index in [0.717, 1.165) is 82.4 Å². The minimum atomic E-state index is 0. The van der Waals surface area contributed by atoms with E-state index in [1.807, 2.05) is 24.3 Å². The van der Waals surface area contributed by atoms with Crippen LogP contribution in [0.5, 0.6) is 0 Å². The molecule has 6 nitrogen and oxygen atoms in total. The van der Waals surface area contributed by atoms with Gasteiger partial charge in [-0.05, 0) is 24.3 Å². The molecule has 0 aliphatic carbocycles. The molecule has 6 rings (SSSR count). The summed E-state index contributed by atoms with van der Waals surface area (Å²) in [6, 6.07) is 16.4. The first-order valence-electron chi connectivity index (χ1n) is 9.95. The zero-order valence-electron chi connectivity index (χ0n) is 16.7. The highest BCUT2D eigenvalue weighted by Gasteiger charge is 2.17. The van der Waals surface area contributed by atoms with Crippen LogP contribution in [0.2, 0.25) is 0 Å². The molecule has 0 spiro atoms. The van der Waals surface area contributed by atoms with Crippen LogP contribution in [0.4, 0.5) is 0 Å². The van der Waals surface area contributed by atoms with Gasteiger partial charge in [-0.1, -0.05) is 24.3 Å². The highest BCUT2D eigenvalue weighted by molar-refractivity contribution is 6.10. The monoisotopic (exact) mass is 456 g/mol. The average Bonchev–Trinajstić information content (AvgIpc) is 3.53. The van der Waals surface area contributed by atoms with E-state index in [2.05, 4.69) is 44.9 Å². The fraction of sp³-hybridized carbons (Fsp3) is 0.217. The van der Waals surface area contributed by atoms with Gasteiger partial charge in [-0.2, -0.15) is 0 Å². The second kappa shape index (κ2) is 8.65. The molecule has 0 saturated carbocycles. The van der Waals surface area contributed by atoms with E-state index < -0.39 is 0 Å². The Labute approximate surface area is 191 Å². The Hall–Kier alpha value is -2.96. The number of amidine groups is 2. The predicted octanol–water partition coefficient (Wildman–Crippen LogP) is 4.31. The lowest BCUT2D eigenvalue weighted by molar-refractivity contribution is 0.512. The molecule has 2 aliphatic heterocycles. The lowest BCUT2D eigenvalue weighted by atomic mass is 10.1. The number of furan rings is 2. The summed E-state index contributed by atoms with van der Waals surface area (Å²) in [4.78, 5) is 9.11. The van der Waals surface area contributed by atoms with Crippen LogP contribution in [-0.2, 0) is 6.42 Å². The zero-order valence-corrected chi connectivity index (χ0v) is 18.3. The quantitative estimate of drug-likeness (QED) is 0.479. The van der Waals surface area contributed by atoms with Crippen LogP contribution in [0, 0.1) is 0 Å². The van der Waals surface area contributed by atoms with Crippen molar-refractivity contribution in [1.29, 1.82) is 0 Å². The van der Waals surface area contributed by atoms with Gasteiger partial charge in [0.25, 0.3) is 0 Å². The molecule has 4 heterocycles. The van der Waals surface area contributed by atoms with Gasteiger partial charge >= 0.3 is 0 Å². The lowest BCUT2D eigenvalue weighted by Gasteiger charge is -2.02. The largest absolute Gasteiger partial charge is 0.461 e. The predicted molar refractivity (Wildman–Crippen MR) is 129 cm³/mol. The molecule has 31 heavy (non-hydrogen) atoms. The summed E-state index contributed by atoms with van der Waals surface area (Å²) in [6.45, 7) is 3.41. The van der Waals surface area contributed by atoms with Gasteiger partial charge in [-0.25, -0.2) is 0 Å². The number of hydrogen-bond donors (Lipinski definition) is 2. The third kappa shape index (κ3) is 3.77. The minimum Gasteiger partial charge on any atom is -0.461 e. The number of fused-ring (bicyclic) bond motifs is 2. The van der Waals surface area contributed by atoms with Crippen LogP contribution in [0.25, 0.3) is 21.9 Å². The van der Waals surface area contributed by atoms with E-state index in [1.54, 1.807) is 0 Å². The van der Waals surface area contributed by atoms with Crippen LogP contribution in [0.1, 0.15) is 22.6 Å². The molecule has 0 unspecified atom stereocenters. The van der Waals surface area contributed by atoms with Gasteiger partial charge in [0.2, 0.25) is 0 Å². The third-order valence-corrected chi connectivity index (χ3v) is 5.43. The van der Waals surface area contributed by atoms with E-state index in [1.165, 1.54) is 0 Å². The molecular weight excluding hydrogens is 435 g/mol. The van der Waals surface area contributed by atoms with Gasteiger partial charge in [-0.3, -0.25) is 9.98 Å². The van der Waals surface area contributed by atoms with Crippen LogP contribution in [0.15, 0.2) is 67.4 Å². The first-order chi connectivity index (χ1) is 14.3. The number of nitrogens with one attached hydrogen (secondary N) is 2. The van der Waals surface area contributed by atoms with Gasteiger partial charge in [-0.15, -0.1) is 24.8 Å². The van der Waals surface area contributed by atoms with Crippen molar-refractivity contribution in [2.45, 2.75) is 6.42 Å². The molecular formula is C23H22Cl2N4O2. The van der Waals surface area contributed by atoms with Crippen molar-refractivity contribution in [2.75, 3.05) is 26.2 Å². The van der Waals surface area contributed by atoms with Crippen LogP contribution in [0.3, 0.4) is 0 Å². The van der Waals surface area contributed by atoms with Crippen molar-refractivity contribution in [2.24, 2.45) is 9.98 Å². The molecule has 2 aromatic carbocycles. The van der Waals surface area contributed by atoms with Crippen molar-refractivity contribution in [1.82, 2.24) is 10.6 Å². The highest BCUT2D eigenvalue weighted by Crippen LogP contribution is 2.29. The maximum atomic E-state index is 6.12. The molecule has 2 aliphatic rings. The van der Waals surface area contributed by atoms with Gasteiger partial charge < -0.3 is 19.5 Å². The number of nitrogens with zero attached hydrogens (tertiary/aromatic N) is 2. The van der Waals surface area contributed by atoms with Gasteiger partial charge in [0.05, 0.1) is 19.5 Å².